The summed E-state index contributed by atoms with van der Waals surface area (Å²) in [4.78, 5) is 12.2. The molecule has 0 fully saturated rings. The fourth-order valence-electron chi connectivity index (χ4n) is 2.32. The van der Waals surface area contributed by atoms with Crippen LogP contribution < -0.4 is 11.1 Å². The number of amides is 1. The highest BCUT2D eigenvalue weighted by Gasteiger charge is 2.33. The molecule has 1 amide bonds. The molecule has 4 nitrogen and oxygen atoms in total. The number of rotatable bonds is 10. The third kappa shape index (κ3) is 4.94. The normalized spacial score (nSPS) is 13.4. The lowest BCUT2D eigenvalue weighted by Crippen LogP contribution is -2.46. The van der Waals surface area contributed by atoms with Gasteiger partial charge in [-0.25, -0.2) is 0 Å². The van der Waals surface area contributed by atoms with E-state index in [1.807, 2.05) is 13.8 Å². The van der Waals surface area contributed by atoms with Crippen LogP contribution >= 0.6 is 0 Å². The molecule has 0 spiro atoms. The van der Waals surface area contributed by atoms with Gasteiger partial charge >= 0.3 is 0 Å². The molecule has 0 aliphatic heterocycles. The zero-order valence-electron chi connectivity index (χ0n) is 12.2. The van der Waals surface area contributed by atoms with Crippen LogP contribution in [-0.2, 0) is 4.79 Å². The third-order valence-corrected chi connectivity index (χ3v) is 4.01. The van der Waals surface area contributed by atoms with Crippen LogP contribution in [0.1, 0.15) is 52.9 Å². The summed E-state index contributed by atoms with van der Waals surface area (Å²) >= 11 is 0. The second-order valence-electron chi connectivity index (χ2n) is 5.07. The third-order valence-electron chi connectivity index (χ3n) is 4.01. The molecular formula is C14H30N2O2. The summed E-state index contributed by atoms with van der Waals surface area (Å²) in [6.07, 6.45) is 4.40. The topological polar surface area (TPSA) is 75.3 Å². The highest BCUT2D eigenvalue weighted by atomic mass is 16.3. The fraction of sp³-hybridized carbons (Fsp3) is 0.929. The summed E-state index contributed by atoms with van der Waals surface area (Å²) in [5.74, 6) is 0.433. The molecule has 0 aliphatic rings. The molecule has 0 saturated heterocycles. The maximum absolute atomic E-state index is 12.2. The maximum atomic E-state index is 12.2. The summed E-state index contributed by atoms with van der Waals surface area (Å²) in [5.41, 5.74) is 5.33. The minimum absolute atomic E-state index is 0.0639. The van der Waals surface area contributed by atoms with Gasteiger partial charge in [0.15, 0.2) is 0 Å². The molecule has 108 valence electrons. The van der Waals surface area contributed by atoms with Gasteiger partial charge in [0, 0.05) is 19.7 Å². The predicted octanol–water partition coefficient (Wildman–Crippen LogP) is 1.67. The van der Waals surface area contributed by atoms with Gasteiger partial charge in [0.25, 0.3) is 0 Å². The number of hydrogen-bond donors (Lipinski definition) is 3. The molecule has 4 heteroatoms. The Bertz CT molecular complexity index is 214. The smallest absolute Gasteiger partial charge is 0.227 e. The van der Waals surface area contributed by atoms with E-state index in [1.54, 1.807) is 0 Å². The number of aliphatic hydroxyl groups excluding tert-OH is 1. The minimum Gasteiger partial charge on any atom is -0.396 e. The van der Waals surface area contributed by atoms with Crippen molar-refractivity contribution in [3.8, 4) is 0 Å². The first-order chi connectivity index (χ1) is 8.60. The lowest BCUT2D eigenvalue weighted by atomic mass is 9.81. The Hall–Kier alpha value is -0.610. The molecule has 0 aliphatic carbocycles. The van der Waals surface area contributed by atoms with E-state index in [4.69, 9.17) is 10.8 Å². The largest absolute Gasteiger partial charge is 0.396 e. The Balaban J connectivity index is 4.36. The number of aliphatic hydroxyl groups is 1. The number of carbonyl (C=O) groups is 1. The van der Waals surface area contributed by atoms with Gasteiger partial charge in [-0.2, -0.15) is 0 Å². The Labute approximate surface area is 111 Å². The Kier molecular flexibility index (Phi) is 9.02. The summed E-state index contributed by atoms with van der Waals surface area (Å²) in [6.45, 7) is 7.36. The highest BCUT2D eigenvalue weighted by molar-refractivity contribution is 5.82. The van der Waals surface area contributed by atoms with Gasteiger partial charge in [0.1, 0.15) is 0 Å². The number of hydrogen-bond acceptors (Lipinski definition) is 3. The van der Waals surface area contributed by atoms with Gasteiger partial charge in [0.2, 0.25) is 5.91 Å². The molecular weight excluding hydrogens is 228 g/mol. The molecule has 1 atom stereocenters. The van der Waals surface area contributed by atoms with Crippen LogP contribution in [-0.4, -0.2) is 30.7 Å². The van der Waals surface area contributed by atoms with Crippen molar-refractivity contribution in [3.63, 3.8) is 0 Å². The van der Waals surface area contributed by atoms with E-state index < -0.39 is 5.41 Å². The molecule has 1 unspecified atom stereocenters. The highest BCUT2D eigenvalue weighted by Crippen LogP contribution is 2.25. The molecule has 4 N–H and O–H groups in total. The quantitative estimate of drug-likeness (QED) is 0.558. The number of nitrogens with one attached hydrogen (secondary N) is 1. The van der Waals surface area contributed by atoms with Gasteiger partial charge in [-0.3, -0.25) is 4.79 Å². The predicted molar refractivity (Wildman–Crippen MR) is 75.2 cm³/mol. The lowest BCUT2D eigenvalue weighted by molar-refractivity contribution is -0.131. The van der Waals surface area contributed by atoms with Crippen LogP contribution in [0.2, 0.25) is 0 Å². The summed E-state index contributed by atoms with van der Waals surface area (Å²) < 4.78 is 0. The van der Waals surface area contributed by atoms with Gasteiger partial charge in [0.05, 0.1) is 5.41 Å². The number of carbonyl (C=O) groups excluding carboxylic acids is 1. The van der Waals surface area contributed by atoms with Crippen molar-refractivity contribution in [2.75, 3.05) is 19.7 Å². The monoisotopic (exact) mass is 258 g/mol. The Morgan fingerprint density at radius 1 is 1.28 bits per heavy atom. The van der Waals surface area contributed by atoms with Crippen molar-refractivity contribution < 1.29 is 9.90 Å². The van der Waals surface area contributed by atoms with Crippen molar-refractivity contribution in [2.24, 2.45) is 17.1 Å². The second-order valence-corrected chi connectivity index (χ2v) is 5.07. The van der Waals surface area contributed by atoms with Gasteiger partial charge < -0.3 is 16.2 Å². The lowest BCUT2D eigenvalue weighted by Gasteiger charge is -2.29. The molecule has 0 rings (SSSR count). The zero-order chi connectivity index (χ0) is 14.0. The molecule has 18 heavy (non-hydrogen) atoms. The van der Waals surface area contributed by atoms with Crippen molar-refractivity contribution in [2.45, 2.75) is 52.9 Å². The van der Waals surface area contributed by atoms with Crippen molar-refractivity contribution >= 4 is 5.91 Å². The van der Waals surface area contributed by atoms with Crippen LogP contribution in [0.15, 0.2) is 0 Å². The Morgan fingerprint density at radius 2 is 1.89 bits per heavy atom. The van der Waals surface area contributed by atoms with E-state index in [-0.39, 0.29) is 12.5 Å². The fourth-order valence-corrected chi connectivity index (χ4v) is 2.32. The SMILES string of the molecule is CCCC(CCO)CNC(=O)C(CC)(CC)CN. The molecule has 0 radical (unpaired) electrons. The van der Waals surface area contributed by atoms with Crippen molar-refractivity contribution in [1.29, 1.82) is 0 Å². The molecule has 0 aromatic heterocycles. The summed E-state index contributed by atoms with van der Waals surface area (Å²) in [5, 5.41) is 12.0. The van der Waals surface area contributed by atoms with Crippen LogP contribution in [0.25, 0.3) is 0 Å². The Morgan fingerprint density at radius 3 is 2.28 bits per heavy atom. The van der Waals surface area contributed by atoms with E-state index in [1.165, 1.54) is 0 Å². The molecule has 0 aromatic rings. The van der Waals surface area contributed by atoms with Crippen molar-refractivity contribution in [3.05, 3.63) is 0 Å². The van der Waals surface area contributed by atoms with E-state index in [0.29, 0.717) is 19.0 Å². The van der Waals surface area contributed by atoms with E-state index in [2.05, 4.69) is 12.2 Å². The van der Waals surface area contributed by atoms with Crippen LogP contribution in [0.3, 0.4) is 0 Å². The first-order valence-electron chi connectivity index (χ1n) is 7.19. The first-order valence-corrected chi connectivity index (χ1v) is 7.19. The number of nitrogens with two attached hydrogens (primary N) is 1. The van der Waals surface area contributed by atoms with Gasteiger partial charge in [-0.1, -0.05) is 27.2 Å². The zero-order valence-corrected chi connectivity index (χ0v) is 12.2. The average molecular weight is 258 g/mol. The van der Waals surface area contributed by atoms with Crippen LogP contribution in [0.4, 0.5) is 0 Å². The van der Waals surface area contributed by atoms with Crippen LogP contribution in [0, 0.1) is 11.3 Å². The summed E-state index contributed by atoms with van der Waals surface area (Å²) in [6, 6.07) is 0. The van der Waals surface area contributed by atoms with Crippen LogP contribution in [0.5, 0.6) is 0 Å². The minimum atomic E-state index is -0.421. The first kappa shape index (κ1) is 17.4. The van der Waals surface area contributed by atoms with Gasteiger partial charge in [-0.05, 0) is 31.6 Å². The van der Waals surface area contributed by atoms with E-state index in [0.717, 1.165) is 32.1 Å². The van der Waals surface area contributed by atoms with Gasteiger partial charge in [-0.15, -0.1) is 0 Å². The van der Waals surface area contributed by atoms with E-state index in [9.17, 15) is 4.79 Å². The maximum Gasteiger partial charge on any atom is 0.227 e. The molecule has 0 bridgehead atoms. The second kappa shape index (κ2) is 9.34. The molecule has 0 heterocycles. The van der Waals surface area contributed by atoms with E-state index >= 15 is 0 Å². The van der Waals surface area contributed by atoms with Crippen molar-refractivity contribution in [1.82, 2.24) is 5.32 Å². The molecule has 0 saturated carbocycles. The molecule has 0 aromatic carbocycles. The standard InChI is InChI=1S/C14H30N2O2/c1-4-7-12(8-9-17)10-16-13(18)14(5-2,6-3)11-15/h12,17H,4-11,15H2,1-3H3,(H,16,18). The average Bonchev–Trinajstić information content (AvgIpc) is 2.39. The summed E-state index contributed by atoms with van der Waals surface area (Å²) in [7, 11) is 0.